The van der Waals surface area contributed by atoms with Crippen LogP contribution in [0.5, 0.6) is 0 Å². The summed E-state index contributed by atoms with van der Waals surface area (Å²) >= 11 is 1.41. The first-order chi connectivity index (χ1) is 9.24. The molecule has 2 rings (SSSR count). The van der Waals surface area contributed by atoms with Crippen molar-refractivity contribution in [1.82, 2.24) is 9.36 Å². The molecule has 0 spiro atoms. The molecule has 6 heteroatoms. The highest BCUT2D eigenvalue weighted by Crippen LogP contribution is 2.38. The van der Waals surface area contributed by atoms with E-state index >= 15 is 0 Å². The molecular weight excluding hydrogens is 260 g/mol. The van der Waals surface area contributed by atoms with E-state index in [-0.39, 0.29) is 0 Å². The van der Waals surface area contributed by atoms with Crippen molar-refractivity contribution >= 4 is 22.4 Å². The fourth-order valence-corrected chi connectivity index (χ4v) is 2.61. The van der Waals surface area contributed by atoms with Gasteiger partial charge in [-0.15, -0.1) is 0 Å². The first-order valence-corrected chi connectivity index (χ1v) is 6.95. The molecule has 0 fully saturated rings. The fourth-order valence-electron chi connectivity index (χ4n) is 1.79. The molecule has 0 amide bonds. The molecule has 0 saturated heterocycles. The monoisotopic (exact) mass is 278 g/mol. The molecule has 0 atom stereocenters. The average Bonchev–Trinajstić information content (AvgIpc) is 2.82. The van der Waals surface area contributed by atoms with Crippen LogP contribution >= 0.6 is 11.5 Å². The van der Waals surface area contributed by atoms with E-state index < -0.39 is 0 Å². The molecule has 102 valence electrons. The number of nitrogens with two attached hydrogens (primary N) is 1. The van der Waals surface area contributed by atoms with Gasteiger partial charge in [-0.2, -0.15) is 4.37 Å². The van der Waals surface area contributed by atoms with Gasteiger partial charge in [0.05, 0.1) is 12.2 Å². The normalized spacial score (nSPS) is 10.6. The number of hydrogen-bond donors (Lipinski definition) is 1. The van der Waals surface area contributed by atoms with E-state index in [1.165, 1.54) is 11.5 Å². The zero-order valence-electron chi connectivity index (χ0n) is 11.2. The van der Waals surface area contributed by atoms with Gasteiger partial charge in [0.2, 0.25) is 0 Å². The van der Waals surface area contributed by atoms with Crippen LogP contribution in [0.4, 0.5) is 10.8 Å². The van der Waals surface area contributed by atoms with Crippen LogP contribution in [0.1, 0.15) is 6.92 Å². The first-order valence-electron chi connectivity index (χ1n) is 6.18. The Bertz CT molecular complexity index is 515. The lowest BCUT2D eigenvalue weighted by atomic mass is 10.1. The smallest absolute Gasteiger partial charge is 0.147 e. The molecular formula is C13H18N4OS. The Labute approximate surface area is 117 Å². The SMILES string of the molecule is CCOCCN(C)c1snc(N)c1-c1ccncc1. The minimum atomic E-state index is 0.564. The Morgan fingerprint density at radius 1 is 1.37 bits per heavy atom. The highest BCUT2D eigenvalue weighted by atomic mass is 32.1. The van der Waals surface area contributed by atoms with E-state index in [0.29, 0.717) is 12.4 Å². The van der Waals surface area contributed by atoms with Gasteiger partial charge in [0.15, 0.2) is 0 Å². The zero-order valence-corrected chi connectivity index (χ0v) is 12.0. The molecule has 5 nitrogen and oxygen atoms in total. The molecule has 2 aromatic heterocycles. The van der Waals surface area contributed by atoms with Gasteiger partial charge in [-0.3, -0.25) is 4.98 Å². The Balaban J connectivity index is 2.23. The highest BCUT2D eigenvalue weighted by molar-refractivity contribution is 7.11. The molecule has 2 aromatic rings. The van der Waals surface area contributed by atoms with E-state index in [1.807, 2.05) is 26.1 Å². The number of pyridine rings is 1. The van der Waals surface area contributed by atoms with Crippen LogP contribution in [-0.2, 0) is 4.74 Å². The highest BCUT2D eigenvalue weighted by Gasteiger charge is 2.16. The predicted molar refractivity (Wildman–Crippen MR) is 79.5 cm³/mol. The van der Waals surface area contributed by atoms with Crippen molar-refractivity contribution in [2.45, 2.75) is 6.92 Å². The second kappa shape index (κ2) is 6.49. The first kappa shape index (κ1) is 13.8. The van der Waals surface area contributed by atoms with Crippen molar-refractivity contribution < 1.29 is 4.74 Å². The molecule has 0 aliphatic heterocycles. The third-order valence-corrected chi connectivity index (χ3v) is 3.77. The molecule has 0 saturated carbocycles. The summed E-state index contributed by atoms with van der Waals surface area (Å²) < 4.78 is 9.64. The second-order valence-corrected chi connectivity index (χ2v) is 4.85. The topological polar surface area (TPSA) is 64.3 Å². The summed E-state index contributed by atoms with van der Waals surface area (Å²) in [7, 11) is 2.02. The lowest BCUT2D eigenvalue weighted by molar-refractivity contribution is 0.154. The lowest BCUT2D eigenvalue weighted by Gasteiger charge is -2.18. The molecule has 2 N–H and O–H groups in total. The number of nitrogens with zero attached hydrogens (tertiary/aromatic N) is 3. The van der Waals surface area contributed by atoms with Crippen molar-refractivity contribution in [3.8, 4) is 11.1 Å². The molecule has 0 bridgehead atoms. The van der Waals surface area contributed by atoms with Crippen LogP contribution in [0.25, 0.3) is 11.1 Å². The summed E-state index contributed by atoms with van der Waals surface area (Å²) in [6.07, 6.45) is 3.52. The van der Waals surface area contributed by atoms with Crippen LogP contribution in [0, 0.1) is 0 Å². The van der Waals surface area contributed by atoms with Crippen LogP contribution < -0.4 is 10.6 Å². The average molecular weight is 278 g/mol. The number of hydrogen-bond acceptors (Lipinski definition) is 6. The Morgan fingerprint density at radius 3 is 2.79 bits per heavy atom. The van der Waals surface area contributed by atoms with Crippen molar-refractivity contribution in [2.24, 2.45) is 0 Å². The van der Waals surface area contributed by atoms with Crippen LogP contribution in [0.2, 0.25) is 0 Å². The second-order valence-electron chi connectivity index (χ2n) is 4.10. The van der Waals surface area contributed by atoms with E-state index in [4.69, 9.17) is 10.5 Å². The Kier molecular flexibility index (Phi) is 4.70. The van der Waals surface area contributed by atoms with Crippen LogP contribution in [0.15, 0.2) is 24.5 Å². The maximum absolute atomic E-state index is 5.99. The number of ether oxygens (including phenoxy) is 1. The van der Waals surface area contributed by atoms with E-state index in [0.717, 1.165) is 29.3 Å². The summed E-state index contributed by atoms with van der Waals surface area (Å²) in [4.78, 5) is 6.15. The molecule has 0 radical (unpaired) electrons. The van der Waals surface area contributed by atoms with Gasteiger partial charge in [-0.25, -0.2) is 0 Å². The minimum absolute atomic E-state index is 0.564. The molecule has 0 aliphatic carbocycles. The molecule has 0 aliphatic rings. The van der Waals surface area contributed by atoms with E-state index in [1.54, 1.807) is 12.4 Å². The zero-order chi connectivity index (χ0) is 13.7. The van der Waals surface area contributed by atoms with Gasteiger partial charge >= 0.3 is 0 Å². The quantitative estimate of drug-likeness (QED) is 0.821. The van der Waals surface area contributed by atoms with E-state index in [2.05, 4.69) is 14.3 Å². The van der Waals surface area contributed by atoms with Crippen molar-refractivity contribution in [2.75, 3.05) is 37.4 Å². The number of aromatic nitrogens is 2. The fraction of sp³-hybridized carbons (Fsp3) is 0.385. The van der Waals surface area contributed by atoms with Crippen LogP contribution in [0.3, 0.4) is 0 Å². The lowest BCUT2D eigenvalue weighted by Crippen LogP contribution is -2.22. The molecule has 19 heavy (non-hydrogen) atoms. The summed E-state index contributed by atoms with van der Waals surface area (Å²) in [5, 5.41) is 1.06. The third-order valence-electron chi connectivity index (χ3n) is 2.79. The minimum Gasteiger partial charge on any atom is -0.382 e. The summed E-state index contributed by atoms with van der Waals surface area (Å²) in [5.74, 6) is 0.564. The number of likely N-dealkylation sites (N-methyl/N-ethyl adjacent to an activating group) is 1. The standard InChI is InChI=1S/C13H18N4OS/c1-3-18-9-8-17(2)13-11(12(14)16-19-13)10-4-6-15-7-5-10/h4-7H,3,8-9H2,1-2H3,(H2,14,16). The van der Waals surface area contributed by atoms with E-state index in [9.17, 15) is 0 Å². The van der Waals surface area contributed by atoms with Crippen molar-refractivity contribution in [3.63, 3.8) is 0 Å². The van der Waals surface area contributed by atoms with Gasteiger partial charge in [-0.1, -0.05) is 0 Å². The van der Waals surface area contributed by atoms with Gasteiger partial charge < -0.3 is 15.4 Å². The van der Waals surface area contributed by atoms with Crippen molar-refractivity contribution in [3.05, 3.63) is 24.5 Å². The van der Waals surface area contributed by atoms with Gasteiger partial charge in [-0.05, 0) is 36.2 Å². The summed E-state index contributed by atoms with van der Waals surface area (Å²) in [6, 6.07) is 3.89. The number of anilines is 2. The summed E-state index contributed by atoms with van der Waals surface area (Å²) in [6.45, 7) is 4.23. The van der Waals surface area contributed by atoms with Gasteiger partial charge in [0.25, 0.3) is 0 Å². The summed E-state index contributed by atoms with van der Waals surface area (Å²) in [5.41, 5.74) is 8.01. The molecule has 0 aromatic carbocycles. The Hall–Kier alpha value is -1.66. The van der Waals surface area contributed by atoms with Gasteiger partial charge in [0, 0.05) is 32.6 Å². The number of rotatable bonds is 6. The molecule has 2 heterocycles. The largest absolute Gasteiger partial charge is 0.382 e. The maximum atomic E-state index is 5.99. The third kappa shape index (κ3) is 3.21. The van der Waals surface area contributed by atoms with Crippen LogP contribution in [-0.4, -0.2) is 36.2 Å². The van der Waals surface area contributed by atoms with Crippen molar-refractivity contribution in [1.29, 1.82) is 0 Å². The predicted octanol–water partition coefficient (Wildman–Crippen LogP) is 2.26. The molecule has 0 unspecified atom stereocenters. The Morgan fingerprint density at radius 2 is 2.11 bits per heavy atom. The van der Waals surface area contributed by atoms with Gasteiger partial charge in [0.1, 0.15) is 10.8 Å². The number of nitrogen functional groups attached to an aromatic ring is 1. The maximum Gasteiger partial charge on any atom is 0.147 e.